The SMILES string of the molecule is O=C(Oc1ccc(OCC2CO2)cc1)c1cnc(C(=O)Oc2ccc(OCCCCOc3ccc(OC(=O)c4cnc(C(=O)Oc5ccc(OCC6CO6)cc5)[nH]4)cc3)cc2)[nH]1. The third-order valence-electron chi connectivity index (χ3n) is 8.87. The number of carbonyl (C=O) groups excluding carboxylic acids is 4. The molecule has 2 aliphatic rings. The maximum Gasteiger partial charge on any atom is 0.379 e. The summed E-state index contributed by atoms with van der Waals surface area (Å²) in [5, 5.41) is 0. The van der Waals surface area contributed by atoms with E-state index in [1.54, 1.807) is 97.1 Å². The minimum absolute atomic E-state index is 0.0241. The molecule has 2 N–H and O–H groups in total. The topological polar surface area (TPSA) is 225 Å². The van der Waals surface area contributed by atoms with E-state index < -0.39 is 23.9 Å². The van der Waals surface area contributed by atoms with E-state index in [0.717, 1.165) is 0 Å². The van der Waals surface area contributed by atoms with Crippen LogP contribution in [0.2, 0.25) is 0 Å². The molecule has 2 atom stereocenters. The van der Waals surface area contributed by atoms with Crippen LogP contribution in [-0.2, 0) is 9.47 Å². The van der Waals surface area contributed by atoms with Crippen molar-refractivity contribution in [1.82, 2.24) is 19.9 Å². The van der Waals surface area contributed by atoms with Crippen molar-refractivity contribution in [2.75, 3.05) is 39.6 Å². The number of unbranched alkanes of at least 4 members (excludes halogenated alkanes) is 1. The molecule has 0 amide bonds. The van der Waals surface area contributed by atoms with Crippen molar-refractivity contribution in [3.05, 3.63) is 132 Å². The van der Waals surface area contributed by atoms with Gasteiger partial charge in [-0.15, -0.1) is 0 Å². The molecule has 4 heterocycles. The van der Waals surface area contributed by atoms with Crippen LogP contribution in [-0.4, -0.2) is 95.7 Å². The standard InChI is InChI=1S/C44H38N4O14/c49-41(37-21-46-40(47-37)44(52)62-34-17-9-30(10-18-34)56-24-36-26-58-36)59-31-11-3-27(4-12-31)53-19-1-2-20-54-28-5-13-33(14-6-28)61-43(51)39-45-22-38(48-39)42(50)60-32-15-7-29(8-16-32)55-23-35-25-57-35/h3-18,21-22,35-36H,1-2,19-20,23-26H2,(H,45,48)(H,46,47). The van der Waals surface area contributed by atoms with Gasteiger partial charge < -0.3 is 57.3 Å². The second-order valence-electron chi connectivity index (χ2n) is 13.7. The third-order valence-corrected chi connectivity index (χ3v) is 8.87. The van der Waals surface area contributed by atoms with Gasteiger partial charge in [-0.05, 0) is 110 Å². The Balaban J connectivity index is 0.690. The van der Waals surface area contributed by atoms with Crippen LogP contribution in [0, 0.1) is 0 Å². The van der Waals surface area contributed by atoms with Crippen molar-refractivity contribution in [3.8, 4) is 46.0 Å². The second kappa shape index (κ2) is 19.6. The molecule has 2 saturated heterocycles. The van der Waals surface area contributed by atoms with Crippen molar-refractivity contribution in [2.24, 2.45) is 0 Å². The first kappa shape index (κ1) is 41.1. The summed E-state index contributed by atoms with van der Waals surface area (Å²) in [7, 11) is 0. The molecule has 2 aliphatic heterocycles. The summed E-state index contributed by atoms with van der Waals surface area (Å²) >= 11 is 0. The lowest BCUT2D eigenvalue weighted by atomic mass is 10.3. The molecule has 2 fully saturated rings. The van der Waals surface area contributed by atoms with E-state index in [4.69, 9.17) is 47.4 Å². The molecule has 0 saturated carbocycles. The van der Waals surface area contributed by atoms with Crippen LogP contribution in [0.4, 0.5) is 0 Å². The fourth-order valence-corrected chi connectivity index (χ4v) is 5.40. The molecule has 8 rings (SSSR count). The Morgan fingerprint density at radius 2 is 0.742 bits per heavy atom. The Kier molecular flexibility index (Phi) is 13.0. The van der Waals surface area contributed by atoms with Gasteiger partial charge in [0, 0.05) is 0 Å². The highest BCUT2D eigenvalue weighted by molar-refractivity contribution is 5.93. The van der Waals surface area contributed by atoms with E-state index in [9.17, 15) is 19.2 Å². The summed E-state index contributed by atoms with van der Waals surface area (Å²) in [6.45, 7) is 3.14. The number of imidazole rings is 2. The lowest BCUT2D eigenvalue weighted by Gasteiger charge is -2.09. The largest absolute Gasteiger partial charge is 0.494 e. The molecule has 18 nitrogen and oxygen atoms in total. The normalized spacial score (nSPS) is 14.8. The molecule has 4 aromatic carbocycles. The zero-order chi connectivity index (χ0) is 42.7. The predicted octanol–water partition coefficient (Wildman–Crippen LogP) is 5.80. The number of benzene rings is 4. The van der Waals surface area contributed by atoms with E-state index in [-0.39, 0.29) is 52.5 Å². The number of ether oxygens (including phenoxy) is 10. The zero-order valence-corrected chi connectivity index (χ0v) is 32.8. The Labute approximate surface area is 352 Å². The van der Waals surface area contributed by atoms with Gasteiger partial charge in [-0.25, -0.2) is 29.1 Å². The number of carbonyl (C=O) groups is 4. The number of nitrogens with one attached hydrogen (secondary N) is 2. The van der Waals surface area contributed by atoms with E-state index in [1.165, 1.54) is 12.4 Å². The predicted molar refractivity (Wildman–Crippen MR) is 213 cm³/mol. The Bertz CT molecular complexity index is 2290. The van der Waals surface area contributed by atoms with Crippen LogP contribution in [0.25, 0.3) is 0 Å². The van der Waals surface area contributed by atoms with Crippen molar-refractivity contribution in [1.29, 1.82) is 0 Å². The number of epoxide rings is 2. The number of rotatable bonds is 21. The number of nitrogens with zero attached hydrogens (tertiary/aromatic N) is 2. The third kappa shape index (κ3) is 12.0. The maximum absolute atomic E-state index is 12.7. The first-order valence-corrected chi connectivity index (χ1v) is 19.4. The molecule has 0 radical (unpaired) electrons. The fourth-order valence-electron chi connectivity index (χ4n) is 5.40. The van der Waals surface area contributed by atoms with E-state index in [0.29, 0.717) is 81.2 Å². The highest BCUT2D eigenvalue weighted by Crippen LogP contribution is 2.24. The van der Waals surface area contributed by atoms with Gasteiger partial charge >= 0.3 is 23.9 Å². The van der Waals surface area contributed by atoms with Crippen LogP contribution in [0.3, 0.4) is 0 Å². The van der Waals surface area contributed by atoms with Crippen LogP contribution in [0.1, 0.15) is 55.1 Å². The molecule has 0 bridgehead atoms. The molecule has 6 aromatic rings. The molecular weight excluding hydrogens is 808 g/mol. The second-order valence-corrected chi connectivity index (χ2v) is 13.7. The fraction of sp³-hybridized carbons (Fsp3) is 0.227. The van der Waals surface area contributed by atoms with Crippen molar-refractivity contribution >= 4 is 23.9 Å². The van der Waals surface area contributed by atoms with Crippen molar-refractivity contribution in [2.45, 2.75) is 25.0 Å². The zero-order valence-electron chi connectivity index (χ0n) is 32.8. The van der Waals surface area contributed by atoms with Crippen LogP contribution < -0.4 is 37.9 Å². The molecule has 318 valence electrons. The smallest absolute Gasteiger partial charge is 0.379 e. The lowest BCUT2D eigenvalue weighted by molar-refractivity contribution is 0.0705. The summed E-state index contributed by atoms with van der Waals surface area (Å²) in [5.74, 6) is 0.135. The molecule has 2 unspecified atom stereocenters. The van der Waals surface area contributed by atoms with Crippen LogP contribution in [0.15, 0.2) is 109 Å². The average Bonchev–Trinajstić information content (AvgIpc) is 4.20. The Hall–Kier alpha value is -7.70. The summed E-state index contributed by atoms with van der Waals surface area (Å²) < 4.78 is 54.4. The molecule has 0 aliphatic carbocycles. The summed E-state index contributed by atoms with van der Waals surface area (Å²) in [5.41, 5.74) is -0.0549. The molecule has 62 heavy (non-hydrogen) atoms. The van der Waals surface area contributed by atoms with Gasteiger partial charge in [-0.2, -0.15) is 0 Å². The van der Waals surface area contributed by atoms with Crippen LogP contribution in [0.5, 0.6) is 46.0 Å². The number of hydrogen-bond acceptors (Lipinski definition) is 16. The molecule has 0 spiro atoms. The summed E-state index contributed by atoms with van der Waals surface area (Å²) in [6.07, 6.45) is 4.03. The quantitative estimate of drug-likeness (QED) is 0.0378. The molecular formula is C44H38N4O14. The van der Waals surface area contributed by atoms with E-state index >= 15 is 0 Å². The van der Waals surface area contributed by atoms with Gasteiger partial charge in [0.2, 0.25) is 11.6 Å². The summed E-state index contributed by atoms with van der Waals surface area (Å²) in [4.78, 5) is 63.6. The van der Waals surface area contributed by atoms with Gasteiger partial charge in [0.25, 0.3) is 0 Å². The molecule has 2 aromatic heterocycles. The van der Waals surface area contributed by atoms with Gasteiger partial charge in [-0.1, -0.05) is 0 Å². The summed E-state index contributed by atoms with van der Waals surface area (Å²) in [6, 6.07) is 26.1. The highest BCUT2D eigenvalue weighted by atomic mass is 16.6. The highest BCUT2D eigenvalue weighted by Gasteiger charge is 2.24. The molecule has 18 heteroatoms. The minimum Gasteiger partial charge on any atom is -0.494 e. The van der Waals surface area contributed by atoms with Crippen molar-refractivity contribution in [3.63, 3.8) is 0 Å². The van der Waals surface area contributed by atoms with E-state index in [2.05, 4.69) is 19.9 Å². The van der Waals surface area contributed by atoms with Crippen molar-refractivity contribution < 1.29 is 66.5 Å². The van der Waals surface area contributed by atoms with Gasteiger partial charge in [0.1, 0.15) is 82.8 Å². The minimum atomic E-state index is -0.788. The van der Waals surface area contributed by atoms with E-state index in [1.807, 2.05) is 0 Å². The number of hydrogen-bond donors (Lipinski definition) is 2. The first-order chi connectivity index (χ1) is 30.3. The maximum atomic E-state index is 12.7. The Morgan fingerprint density at radius 1 is 0.452 bits per heavy atom. The number of aromatic amines is 2. The monoisotopic (exact) mass is 846 g/mol. The number of esters is 4. The number of aromatic nitrogens is 4. The van der Waals surface area contributed by atoms with Gasteiger partial charge in [-0.3, -0.25) is 0 Å². The average molecular weight is 847 g/mol. The van der Waals surface area contributed by atoms with Gasteiger partial charge in [0.05, 0.1) is 38.8 Å². The number of H-pyrrole nitrogens is 2. The lowest BCUT2D eigenvalue weighted by Crippen LogP contribution is -2.12. The Morgan fingerprint density at radius 3 is 1.06 bits per heavy atom. The first-order valence-electron chi connectivity index (χ1n) is 19.4. The van der Waals surface area contributed by atoms with Gasteiger partial charge in [0.15, 0.2) is 0 Å². The van der Waals surface area contributed by atoms with Crippen LogP contribution >= 0.6 is 0 Å².